The van der Waals surface area contributed by atoms with E-state index in [1.165, 1.54) is 5.56 Å². The molecule has 2 aromatic rings. The van der Waals surface area contributed by atoms with Crippen molar-refractivity contribution in [2.45, 2.75) is 32.9 Å². The molecular weight excluding hydrogens is 260 g/mol. The molecule has 1 atom stereocenters. The van der Waals surface area contributed by atoms with Crippen molar-refractivity contribution < 1.29 is 4.79 Å². The highest BCUT2D eigenvalue weighted by atomic mass is 16.1. The minimum absolute atomic E-state index is 0.0161. The van der Waals surface area contributed by atoms with Gasteiger partial charge in [-0.05, 0) is 42.2 Å². The van der Waals surface area contributed by atoms with E-state index >= 15 is 0 Å². The van der Waals surface area contributed by atoms with E-state index in [4.69, 9.17) is 5.73 Å². The Labute approximate surface area is 126 Å². The lowest BCUT2D eigenvalue weighted by Crippen LogP contribution is -2.26. The molecule has 3 heteroatoms. The van der Waals surface area contributed by atoms with Crippen LogP contribution >= 0.6 is 0 Å². The molecule has 0 aliphatic rings. The Morgan fingerprint density at radius 1 is 1.05 bits per heavy atom. The van der Waals surface area contributed by atoms with E-state index in [9.17, 15) is 4.79 Å². The van der Waals surface area contributed by atoms with Crippen molar-refractivity contribution in [1.82, 2.24) is 5.32 Å². The standard InChI is InChI=1S/C18H22N2O/c1-3-14-4-8-16(9-5-14)13(2)20-18(21)17-10-6-15(12-19)7-11-17/h4-11,13H,3,12,19H2,1-2H3,(H,20,21). The highest BCUT2D eigenvalue weighted by Crippen LogP contribution is 2.15. The fourth-order valence-electron chi connectivity index (χ4n) is 2.20. The van der Waals surface area contributed by atoms with Gasteiger partial charge >= 0.3 is 0 Å². The van der Waals surface area contributed by atoms with Gasteiger partial charge in [-0.3, -0.25) is 4.79 Å². The third kappa shape index (κ3) is 3.92. The molecule has 0 saturated heterocycles. The summed E-state index contributed by atoms with van der Waals surface area (Å²) >= 11 is 0. The van der Waals surface area contributed by atoms with Gasteiger partial charge in [-0.1, -0.05) is 43.3 Å². The van der Waals surface area contributed by atoms with Crippen LogP contribution in [0.4, 0.5) is 0 Å². The van der Waals surface area contributed by atoms with Crippen molar-refractivity contribution >= 4 is 5.91 Å². The summed E-state index contributed by atoms with van der Waals surface area (Å²) in [6.45, 7) is 4.61. The zero-order chi connectivity index (χ0) is 15.2. The van der Waals surface area contributed by atoms with Crippen molar-refractivity contribution in [2.75, 3.05) is 0 Å². The minimum atomic E-state index is -0.0642. The van der Waals surface area contributed by atoms with Crippen molar-refractivity contribution in [3.63, 3.8) is 0 Å². The van der Waals surface area contributed by atoms with Crippen molar-refractivity contribution in [3.8, 4) is 0 Å². The topological polar surface area (TPSA) is 55.1 Å². The van der Waals surface area contributed by atoms with E-state index in [2.05, 4.69) is 36.5 Å². The van der Waals surface area contributed by atoms with Crippen LogP contribution in [0.1, 0.15) is 46.9 Å². The number of hydrogen-bond acceptors (Lipinski definition) is 2. The number of hydrogen-bond donors (Lipinski definition) is 2. The van der Waals surface area contributed by atoms with Gasteiger partial charge in [0.15, 0.2) is 0 Å². The Kier molecular flexibility index (Phi) is 5.12. The molecule has 0 fully saturated rings. The second-order valence-corrected chi connectivity index (χ2v) is 5.19. The lowest BCUT2D eigenvalue weighted by Gasteiger charge is -2.15. The van der Waals surface area contributed by atoms with Gasteiger partial charge in [0.1, 0.15) is 0 Å². The van der Waals surface area contributed by atoms with Gasteiger partial charge in [0, 0.05) is 12.1 Å². The van der Waals surface area contributed by atoms with Crippen LogP contribution in [0.2, 0.25) is 0 Å². The van der Waals surface area contributed by atoms with Crippen LogP contribution in [0.15, 0.2) is 48.5 Å². The summed E-state index contributed by atoms with van der Waals surface area (Å²) in [4.78, 5) is 12.2. The number of benzene rings is 2. The average molecular weight is 282 g/mol. The molecule has 0 radical (unpaired) electrons. The summed E-state index contributed by atoms with van der Waals surface area (Å²) < 4.78 is 0. The fraction of sp³-hybridized carbons (Fsp3) is 0.278. The number of nitrogens with one attached hydrogen (secondary N) is 1. The third-order valence-corrected chi connectivity index (χ3v) is 3.69. The molecule has 3 N–H and O–H groups in total. The van der Waals surface area contributed by atoms with E-state index in [1.807, 2.05) is 31.2 Å². The van der Waals surface area contributed by atoms with Crippen LogP contribution in [0.5, 0.6) is 0 Å². The number of aryl methyl sites for hydroxylation is 1. The molecule has 2 rings (SSSR count). The molecule has 0 bridgehead atoms. The molecule has 0 aliphatic heterocycles. The maximum absolute atomic E-state index is 12.2. The largest absolute Gasteiger partial charge is 0.346 e. The number of carbonyl (C=O) groups excluding carboxylic acids is 1. The zero-order valence-electron chi connectivity index (χ0n) is 12.6. The van der Waals surface area contributed by atoms with Gasteiger partial charge in [-0.25, -0.2) is 0 Å². The number of rotatable bonds is 5. The highest BCUT2D eigenvalue weighted by molar-refractivity contribution is 5.94. The zero-order valence-corrected chi connectivity index (χ0v) is 12.6. The summed E-state index contributed by atoms with van der Waals surface area (Å²) in [5.41, 5.74) is 9.65. The van der Waals surface area contributed by atoms with Crippen LogP contribution < -0.4 is 11.1 Å². The summed E-state index contributed by atoms with van der Waals surface area (Å²) in [6.07, 6.45) is 1.02. The number of amides is 1. The molecule has 1 unspecified atom stereocenters. The quantitative estimate of drug-likeness (QED) is 0.885. The van der Waals surface area contributed by atoms with Crippen LogP contribution in [0, 0.1) is 0 Å². The van der Waals surface area contributed by atoms with E-state index in [-0.39, 0.29) is 11.9 Å². The molecule has 0 heterocycles. The van der Waals surface area contributed by atoms with E-state index < -0.39 is 0 Å². The Morgan fingerprint density at radius 3 is 2.14 bits per heavy atom. The van der Waals surface area contributed by atoms with Crippen molar-refractivity contribution in [3.05, 3.63) is 70.8 Å². The smallest absolute Gasteiger partial charge is 0.251 e. The molecule has 21 heavy (non-hydrogen) atoms. The Morgan fingerprint density at radius 2 is 1.62 bits per heavy atom. The summed E-state index contributed by atoms with van der Waals surface area (Å²) in [5.74, 6) is -0.0642. The van der Waals surface area contributed by atoms with E-state index in [0.29, 0.717) is 12.1 Å². The summed E-state index contributed by atoms with van der Waals surface area (Å²) in [7, 11) is 0. The first-order chi connectivity index (χ1) is 10.1. The first-order valence-electron chi connectivity index (χ1n) is 7.32. The molecule has 2 aromatic carbocycles. The van der Waals surface area contributed by atoms with Gasteiger partial charge in [-0.15, -0.1) is 0 Å². The van der Waals surface area contributed by atoms with Gasteiger partial charge in [-0.2, -0.15) is 0 Å². The lowest BCUT2D eigenvalue weighted by molar-refractivity contribution is 0.0940. The Bertz CT molecular complexity index is 588. The lowest BCUT2D eigenvalue weighted by atomic mass is 10.0. The van der Waals surface area contributed by atoms with E-state index in [1.54, 1.807) is 0 Å². The van der Waals surface area contributed by atoms with Gasteiger partial charge < -0.3 is 11.1 Å². The summed E-state index contributed by atoms with van der Waals surface area (Å²) in [6, 6.07) is 15.7. The van der Waals surface area contributed by atoms with Gasteiger partial charge in [0.25, 0.3) is 5.91 Å². The molecule has 1 amide bonds. The maximum atomic E-state index is 12.2. The average Bonchev–Trinajstić information content (AvgIpc) is 2.55. The Hall–Kier alpha value is -2.13. The second kappa shape index (κ2) is 7.04. The van der Waals surface area contributed by atoms with Crippen molar-refractivity contribution in [1.29, 1.82) is 0 Å². The molecule has 0 saturated carbocycles. The molecule has 3 nitrogen and oxygen atoms in total. The molecule has 110 valence electrons. The first kappa shape index (κ1) is 15.3. The normalized spacial score (nSPS) is 12.0. The number of nitrogens with two attached hydrogens (primary N) is 1. The van der Waals surface area contributed by atoms with Crippen LogP contribution in [-0.4, -0.2) is 5.91 Å². The minimum Gasteiger partial charge on any atom is -0.346 e. The Balaban J connectivity index is 2.03. The van der Waals surface area contributed by atoms with Crippen molar-refractivity contribution in [2.24, 2.45) is 5.73 Å². The summed E-state index contributed by atoms with van der Waals surface area (Å²) in [5, 5.41) is 3.02. The maximum Gasteiger partial charge on any atom is 0.251 e. The monoisotopic (exact) mass is 282 g/mol. The predicted molar refractivity (Wildman–Crippen MR) is 86.0 cm³/mol. The van der Waals surface area contributed by atoms with Gasteiger partial charge in [0.05, 0.1) is 6.04 Å². The molecular formula is C18H22N2O. The molecule has 0 spiro atoms. The SMILES string of the molecule is CCc1ccc(C(C)NC(=O)c2ccc(CN)cc2)cc1. The second-order valence-electron chi connectivity index (χ2n) is 5.19. The molecule has 0 aliphatic carbocycles. The predicted octanol–water partition coefficient (Wildman–Crippen LogP) is 3.20. The first-order valence-corrected chi connectivity index (χ1v) is 7.32. The van der Waals surface area contributed by atoms with Crippen LogP contribution in [0.3, 0.4) is 0 Å². The van der Waals surface area contributed by atoms with Gasteiger partial charge in [0.2, 0.25) is 0 Å². The van der Waals surface area contributed by atoms with Crippen LogP contribution in [0.25, 0.3) is 0 Å². The highest BCUT2D eigenvalue weighted by Gasteiger charge is 2.11. The number of carbonyl (C=O) groups is 1. The third-order valence-electron chi connectivity index (χ3n) is 3.69. The van der Waals surface area contributed by atoms with Crippen LogP contribution in [-0.2, 0) is 13.0 Å². The molecule has 0 aromatic heterocycles. The van der Waals surface area contributed by atoms with E-state index in [0.717, 1.165) is 17.5 Å². The fourth-order valence-corrected chi connectivity index (χ4v) is 2.20.